The largest absolute Gasteiger partial charge is 0.488 e. The van der Waals surface area contributed by atoms with Crippen molar-refractivity contribution in [2.45, 2.75) is 45.0 Å². The number of Topliss-reactive ketones (excluding diaryl/α,β-unsaturated/α-hetero) is 1. The summed E-state index contributed by atoms with van der Waals surface area (Å²) in [5, 5.41) is 0. The number of rotatable bonds is 8. The molecule has 0 N–H and O–H groups in total. The van der Waals surface area contributed by atoms with Gasteiger partial charge in [-0.05, 0) is 60.8 Å². The van der Waals surface area contributed by atoms with Gasteiger partial charge < -0.3 is 4.74 Å². The molecule has 0 spiro atoms. The molecule has 2 aromatic carbocycles. The van der Waals surface area contributed by atoms with E-state index in [-0.39, 0.29) is 36.4 Å². The summed E-state index contributed by atoms with van der Waals surface area (Å²) in [5.41, 5.74) is 0.794. The number of benzene rings is 2. The molecular formula is C27H27F3N2O2. The standard InChI is InChI=1S/C27H27F3N2O2/c28-27(29,30)24-16-23(25(33)14-21-10-7-11-31-17-21)26(34-19-20-8-3-1-4-9-20)15-22(24)18-32-12-5-2-6-13-32/h1,3-4,7-11,15-17H,2,5-6,12-14,18-19H2. The second kappa shape index (κ2) is 10.8. The predicted molar refractivity (Wildman–Crippen MR) is 124 cm³/mol. The van der Waals surface area contributed by atoms with Crippen LogP contribution < -0.4 is 4.74 Å². The number of ketones is 1. The zero-order valence-electron chi connectivity index (χ0n) is 18.9. The van der Waals surface area contributed by atoms with Gasteiger partial charge in [0.05, 0.1) is 11.1 Å². The lowest BCUT2D eigenvalue weighted by atomic mass is 9.96. The van der Waals surface area contributed by atoms with Crippen molar-refractivity contribution < 1.29 is 22.7 Å². The molecule has 34 heavy (non-hydrogen) atoms. The fourth-order valence-electron chi connectivity index (χ4n) is 4.23. The quantitative estimate of drug-likeness (QED) is 0.375. The highest BCUT2D eigenvalue weighted by Crippen LogP contribution is 2.37. The van der Waals surface area contributed by atoms with Crippen molar-refractivity contribution in [2.75, 3.05) is 13.1 Å². The van der Waals surface area contributed by atoms with Crippen LogP contribution in [0.25, 0.3) is 0 Å². The Morgan fingerprint density at radius 3 is 2.38 bits per heavy atom. The molecule has 1 aliphatic heterocycles. The molecule has 1 fully saturated rings. The maximum Gasteiger partial charge on any atom is 0.416 e. The second-order valence-electron chi connectivity index (χ2n) is 8.58. The van der Waals surface area contributed by atoms with Gasteiger partial charge in [-0.2, -0.15) is 13.2 Å². The fraction of sp³-hybridized carbons (Fsp3) is 0.333. The lowest BCUT2D eigenvalue weighted by molar-refractivity contribution is -0.138. The number of carbonyl (C=O) groups excluding carboxylic acids is 1. The minimum absolute atomic E-state index is 0.0572. The number of hydrogen-bond acceptors (Lipinski definition) is 4. The molecule has 0 unspecified atom stereocenters. The normalized spacial score (nSPS) is 14.7. The minimum Gasteiger partial charge on any atom is -0.488 e. The average molecular weight is 469 g/mol. The molecule has 0 aliphatic carbocycles. The summed E-state index contributed by atoms with van der Waals surface area (Å²) < 4.78 is 48.2. The summed E-state index contributed by atoms with van der Waals surface area (Å²) in [6.07, 6.45) is 1.53. The van der Waals surface area contributed by atoms with Gasteiger partial charge in [-0.15, -0.1) is 0 Å². The molecule has 0 atom stereocenters. The maximum atomic E-state index is 14.1. The van der Waals surface area contributed by atoms with Crippen molar-refractivity contribution in [3.05, 3.63) is 94.8 Å². The molecule has 0 amide bonds. The summed E-state index contributed by atoms with van der Waals surface area (Å²) in [4.78, 5) is 19.2. The van der Waals surface area contributed by atoms with Crippen LogP contribution in [0.2, 0.25) is 0 Å². The highest BCUT2D eigenvalue weighted by atomic mass is 19.4. The highest BCUT2D eigenvalue weighted by molar-refractivity contribution is 6.00. The van der Waals surface area contributed by atoms with Crippen LogP contribution in [-0.2, 0) is 25.7 Å². The third kappa shape index (κ3) is 6.23. The van der Waals surface area contributed by atoms with Gasteiger partial charge in [-0.25, -0.2) is 0 Å². The Morgan fingerprint density at radius 1 is 0.971 bits per heavy atom. The van der Waals surface area contributed by atoms with E-state index in [1.807, 2.05) is 35.2 Å². The van der Waals surface area contributed by atoms with Crippen LogP contribution in [0.15, 0.2) is 67.0 Å². The molecule has 1 saturated heterocycles. The number of pyridine rings is 1. The van der Waals surface area contributed by atoms with E-state index in [2.05, 4.69) is 4.98 Å². The fourth-order valence-corrected chi connectivity index (χ4v) is 4.23. The van der Waals surface area contributed by atoms with Crippen molar-refractivity contribution >= 4 is 5.78 Å². The summed E-state index contributed by atoms with van der Waals surface area (Å²) in [5.74, 6) is -0.260. The first-order valence-corrected chi connectivity index (χ1v) is 11.5. The van der Waals surface area contributed by atoms with Crippen LogP contribution in [0, 0.1) is 0 Å². The summed E-state index contributed by atoms with van der Waals surface area (Å²) in [6, 6.07) is 15.1. The Labute approximate surface area is 197 Å². The number of nitrogens with zero attached hydrogens (tertiary/aromatic N) is 2. The highest BCUT2D eigenvalue weighted by Gasteiger charge is 2.36. The first-order chi connectivity index (χ1) is 16.4. The number of carbonyl (C=O) groups is 1. The first kappa shape index (κ1) is 24.0. The Balaban J connectivity index is 1.70. The van der Waals surface area contributed by atoms with E-state index in [1.165, 1.54) is 12.3 Å². The van der Waals surface area contributed by atoms with E-state index in [4.69, 9.17) is 4.74 Å². The number of piperidine rings is 1. The molecule has 178 valence electrons. The van der Waals surface area contributed by atoms with Crippen LogP contribution >= 0.6 is 0 Å². The number of halogens is 3. The van der Waals surface area contributed by atoms with Crippen molar-refractivity contribution in [3.8, 4) is 5.75 Å². The van der Waals surface area contributed by atoms with Crippen LogP contribution in [0.1, 0.15) is 51.9 Å². The smallest absolute Gasteiger partial charge is 0.416 e. The molecule has 3 aromatic rings. The number of alkyl halides is 3. The number of ether oxygens (including phenoxy) is 1. The monoisotopic (exact) mass is 468 g/mol. The maximum absolute atomic E-state index is 14.1. The molecule has 1 aromatic heterocycles. The molecule has 2 heterocycles. The Hall–Kier alpha value is -3.19. The van der Waals surface area contributed by atoms with Crippen LogP contribution in [0.5, 0.6) is 5.75 Å². The summed E-state index contributed by atoms with van der Waals surface area (Å²) in [7, 11) is 0. The van der Waals surface area contributed by atoms with Gasteiger partial charge in [0, 0.05) is 25.4 Å². The van der Waals surface area contributed by atoms with Gasteiger partial charge in [0.1, 0.15) is 12.4 Å². The topological polar surface area (TPSA) is 42.4 Å². The average Bonchev–Trinajstić information content (AvgIpc) is 2.84. The Morgan fingerprint density at radius 2 is 1.71 bits per heavy atom. The second-order valence-corrected chi connectivity index (χ2v) is 8.58. The molecule has 7 heteroatoms. The van der Waals surface area contributed by atoms with Gasteiger partial charge in [0.2, 0.25) is 0 Å². The molecule has 4 nitrogen and oxygen atoms in total. The molecule has 0 saturated carbocycles. The Bertz CT molecular complexity index is 1100. The summed E-state index contributed by atoms with van der Waals surface area (Å²) >= 11 is 0. The van der Waals surface area contributed by atoms with Gasteiger partial charge in [-0.1, -0.05) is 42.8 Å². The minimum atomic E-state index is -4.58. The lowest BCUT2D eigenvalue weighted by Gasteiger charge is -2.28. The first-order valence-electron chi connectivity index (χ1n) is 11.5. The molecule has 0 radical (unpaired) electrons. The predicted octanol–water partition coefficient (Wildman–Crippen LogP) is 6.09. The molecule has 4 rings (SSSR count). The number of aromatic nitrogens is 1. The van der Waals surface area contributed by atoms with Crippen molar-refractivity contribution in [1.82, 2.24) is 9.88 Å². The van der Waals surface area contributed by atoms with Gasteiger partial charge in [-0.3, -0.25) is 14.7 Å². The SMILES string of the molecule is O=C(Cc1cccnc1)c1cc(C(F)(F)F)c(CN2CCCCC2)cc1OCc1ccccc1. The van der Waals surface area contributed by atoms with E-state index < -0.39 is 17.5 Å². The zero-order chi connectivity index (χ0) is 24.0. The lowest BCUT2D eigenvalue weighted by Crippen LogP contribution is -2.30. The van der Waals surface area contributed by atoms with Crippen LogP contribution in [-0.4, -0.2) is 28.8 Å². The number of hydrogen-bond donors (Lipinski definition) is 0. The van der Waals surface area contributed by atoms with Crippen molar-refractivity contribution in [3.63, 3.8) is 0 Å². The van der Waals surface area contributed by atoms with Gasteiger partial charge in [0.25, 0.3) is 0 Å². The van der Waals surface area contributed by atoms with Crippen LogP contribution in [0.4, 0.5) is 13.2 Å². The number of likely N-dealkylation sites (tertiary alicyclic amines) is 1. The van der Waals surface area contributed by atoms with E-state index in [9.17, 15) is 18.0 Å². The van der Waals surface area contributed by atoms with Gasteiger partial charge in [0.15, 0.2) is 5.78 Å². The van der Waals surface area contributed by atoms with E-state index >= 15 is 0 Å². The van der Waals surface area contributed by atoms with E-state index in [0.717, 1.165) is 44.0 Å². The van der Waals surface area contributed by atoms with E-state index in [1.54, 1.807) is 18.3 Å². The summed E-state index contributed by atoms with van der Waals surface area (Å²) in [6.45, 7) is 1.86. The van der Waals surface area contributed by atoms with Crippen molar-refractivity contribution in [2.24, 2.45) is 0 Å². The molecular weight excluding hydrogens is 441 g/mol. The Kier molecular flexibility index (Phi) is 7.63. The van der Waals surface area contributed by atoms with Gasteiger partial charge >= 0.3 is 6.18 Å². The molecule has 0 bridgehead atoms. The third-order valence-corrected chi connectivity index (χ3v) is 5.98. The van der Waals surface area contributed by atoms with Crippen molar-refractivity contribution in [1.29, 1.82) is 0 Å². The van der Waals surface area contributed by atoms with E-state index in [0.29, 0.717) is 5.56 Å². The zero-order valence-corrected chi connectivity index (χ0v) is 18.9. The van der Waals surface area contributed by atoms with Crippen LogP contribution in [0.3, 0.4) is 0 Å². The third-order valence-electron chi connectivity index (χ3n) is 5.98. The molecule has 1 aliphatic rings.